The molecule has 0 radical (unpaired) electrons. The van der Waals surface area contributed by atoms with Crippen LogP contribution >= 0.6 is 11.3 Å². The molecule has 2 aliphatic rings. The van der Waals surface area contributed by atoms with Crippen LogP contribution in [0, 0.1) is 0 Å². The predicted molar refractivity (Wildman–Crippen MR) is 126 cm³/mol. The Kier molecular flexibility index (Phi) is 5.56. The molecule has 0 bridgehead atoms. The lowest BCUT2D eigenvalue weighted by Crippen LogP contribution is -2.46. The molecule has 0 saturated carbocycles. The number of thiazole rings is 1. The molecule has 2 saturated heterocycles. The van der Waals surface area contributed by atoms with Crippen LogP contribution in [0.2, 0.25) is 0 Å². The molecule has 158 valence electrons. The maximum atomic E-state index is 4.84. The minimum atomic E-state index is 0.762. The van der Waals surface area contributed by atoms with Gasteiger partial charge in [-0.05, 0) is 57.0 Å². The molecule has 0 aromatic carbocycles. The zero-order chi connectivity index (χ0) is 20.5. The van der Waals surface area contributed by atoms with Crippen LogP contribution in [0.25, 0.3) is 21.5 Å². The van der Waals surface area contributed by atoms with E-state index in [4.69, 9.17) is 4.98 Å². The van der Waals surface area contributed by atoms with Gasteiger partial charge in [0, 0.05) is 56.7 Å². The van der Waals surface area contributed by atoms with Crippen molar-refractivity contribution >= 4 is 32.6 Å². The van der Waals surface area contributed by atoms with Crippen LogP contribution in [-0.2, 0) is 0 Å². The summed E-state index contributed by atoms with van der Waals surface area (Å²) in [4.78, 5) is 21.2. The fourth-order valence-corrected chi connectivity index (χ4v) is 5.64. The molecule has 6 nitrogen and oxygen atoms in total. The minimum absolute atomic E-state index is 0.762. The Hall–Kier alpha value is -2.25. The summed E-state index contributed by atoms with van der Waals surface area (Å²) in [6.45, 7) is 4.79. The summed E-state index contributed by atoms with van der Waals surface area (Å²) in [6.07, 6.45) is 10.5. The standard InChI is InChI=1S/C23H30N6S/c1-27(2)21-7-6-17(15-24-21)18-14-20-22(25-16-18)26-23(30-20)29-12-8-19(9-13-29)28-10-4-3-5-11-28/h6-7,14-16,19H,3-5,8-13H2,1-2H3. The number of likely N-dealkylation sites (tertiary alicyclic amines) is 1. The molecule has 0 aliphatic carbocycles. The van der Waals surface area contributed by atoms with Crippen LogP contribution in [-0.4, -0.2) is 66.2 Å². The molecule has 3 aromatic heterocycles. The van der Waals surface area contributed by atoms with E-state index >= 15 is 0 Å². The third-order valence-corrected chi connectivity index (χ3v) is 7.47. The van der Waals surface area contributed by atoms with Crippen molar-refractivity contribution in [3.8, 4) is 11.1 Å². The number of rotatable bonds is 4. The third-order valence-electron chi connectivity index (χ3n) is 6.42. The zero-order valence-corrected chi connectivity index (χ0v) is 18.7. The monoisotopic (exact) mass is 422 g/mol. The lowest BCUT2D eigenvalue weighted by molar-refractivity contribution is 0.141. The number of anilines is 2. The third kappa shape index (κ3) is 4.01. The van der Waals surface area contributed by atoms with Crippen LogP contribution in [0.15, 0.2) is 30.6 Å². The van der Waals surface area contributed by atoms with E-state index in [0.29, 0.717) is 0 Å². The molecule has 2 aliphatic heterocycles. The predicted octanol–water partition coefficient (Wildman–Crippen LogP) is 4.27. The van der Waals surface area contributed by atoms with E-state index in [-0.39, 0.29) is 0 Å². The van der Waals surface area contributed by atoms with E-state index in [1.54, 1.807) is 11.3 Å². The molecule has 30 heavy (non-hydrogen) atoms. The fourth-order valence-electron chi connectivity index (χ4n) is 4.63. The molecular weight excluding hydrogens is 392 g/mol. The number of nitrogens with zero attached hydrogens (tertiary/aromatic N) is 6. The van der Waals surface area contributed by atoms with Crippen LogP contribution in [0.3, 0.4) is 0 Å². The molecule has 2 fully saturated rings. The first-order valence-corrected chi connectivity index (χ1v) is 11.9. The summed E-state index contributed by atoms with van der Waals surface area (Å²) in [6, 6.07) is 7.12. The molecule has 5 rings (SSSR count). The normalized spacial score (nSPS) is 18.8. The Morgan fingerprint density at radius 3 is 2.40 bits per heavy atom. The topological polar surface area (TPSA) is 48.4 Å². The first-order chi connectivity index (χ1) is 14.7. The number of piperidine rings is 2. The maximum Gasteiger partial charge on any atom is 0.188 e. The summed E-state index contributed by atoms with van der Waals surface area (Å²) in [5.74, 6) is 0.959. The molecular formula is C23H30N6S. The van der Waals surface area contributed by atoms with Crippen molar-refractivity contribution in [3.05, 3.63) is 30.6 Å². The summed E-state index contributed by atoms with van der Waals surface area (Å²) < 4.78 is 1.15. The Bertz CT molecular complexity index is 985. The van der Waals surface area contributed by atoms with Crippen LogP contribution in [0.4, 0.5) is 10.9 Å². The van der Waals surface area contributed by atoms with Gasteiger partial charge in [-0.25, -0.2) is 9.97 Å². The van der Waals surface area contributed by atoms with Gasteiger partial charge in [-0.15, -0.1) is 0 Å². The van der Waals surface area contributed by atoms with Gasteiger partial charge in [-0.1, -0.05) is 17.8 Å². The average Bonchev–Trinajstić information content (AvgIpc) is 3.23. The minimum Gasteiger partial charge on any atom is -0.363 e. The van der Waals surface area contributed by atoms with Crippen molar-refractivity contribution < 1.29 is 0 Å². The highest BCUT2D eigenvalue weighted by molar-refractivity contribution is 7.22. The highest BCUT2D eigenvalue weighted by Gasteiger charge is 2.27. The van der Waals surface area contributed by atoms with Crippen molar-refractivity contribution in [2.45, 2.75) is 38.1 Å². The number of fused-ring (bicyclic) bond motifs is 1. The van der Waals surface area contributed by atoms with E-state index in [9.17, 15) is 0 Å². The van der Waals surface area contributed by atoms with Crippen molar-refractivity contribution in [1.82, 2.24) is 19.9 Å². The number of hydrogen-bond acceptors (Lipinski definition) is 7. The van der Waals surface area contributed by atoms with E-state index in [0.717, 1.165) is 51.6 Å². The van der Waals surface area contributed by atoms with Gasteiger partial charge >= 0.3 is 0 Å². The largest absolute Gasteiger partial charge is 0.363 e. The van der Waals surface area contributed by atoms with Crippen molar-refractivity contribution in [3.63, 3.8) is 0 Å². The molecule has 5 heterocycles. The second-order valence-corrected chi connectivity index (χ2v) is 9.67. The van der Waals surface area contributed by atoms with Crippen molar-refractivity contribution in [1.29, 1.82) is 0 Å². The van der Waals surface area contributed by atoms with Crippen LogP contribution in [0.1, 0.15) is 32.1 Å². The molecule has 0 spiro atoms. The van der Waals surface area contributed by atoms with Gasteiger partial charge in [0.05, 0.1) is 4.70 Å². The van der Waals surface area contributed by atoms with E-state index in [2.05, 4.69) is 31.9 Å². The van der Waals surface area contributed by atoms with Gasteiger partial charge < -0.3 is 14.7 Å². The zero-order valence-electron chi connectivity index (χ0n) is 17.9. The Morgan fingerprint density at radius 2 is 1.70 bits per heavy atom. The summed E-state index contributed by atoms with van der Waals surface area (Å²) >= 11 is 1.77. The number of pyridine rings is 2. The first-order valence-electron chi connectivity index (χ1n) is 11.1. The molecule has 0 amide bonds. The second-order valence-electron chi connectivity index (χ2n) is 8.66. The average molecular weight is 423 g/mol. The van der Waals surface area contributed by atoms with Crippen LogP contribution < -0.4 is 9.80 Å². The Morgan fingerprint density at radius 1 is 0.933 bits per heavy atom. The summed E-state index contributed by atoms with van der Waals surface area (Å²) in [7, 11) is 4.01. The molecule has 0 N–H and O–H groups in total. The number of hydrogen-bond donors (Lipinski definition) is 0. The second kappa shape index (κ2) is 8.47. The van der Waals surface area contributed by atoms with Gasteiger partial charge in [0.15, 0.2) is 10.8 Å². The maximum absolute atomic E-state index is 4.84. The Balaban J connectivity index is 1.29. The SMILES string of the molecule is CN(C)c1ccc(-c2cnc3nc(N4CCC(N5CCCCC5)CC4)sc3c2)cn1. The lowest BCUT2D eigenvalue weighted by atomic mass is 10.0. The Labute approximate surface area is 182 Å². The quantitative estimate of drug-likeness (QED) is 0.626. The van der Waals surface area contributed by atoms with Gasteiger partial charge in [-0.3, -0.25) is 0 Å². The molecule has 3 aromatic rings. The number of aromatic nitrogens is 3. The van der Waals surface area contributed by atoms with Gasteiger partial charge in [0.25, 0.3) is 0 Å². The summed E-state index contributed by atoms with van der Waals surface area (Å²) in [5, 5.41) is 1.12. The molecule has 7 heteroatoms. The van der Waals surface area contributed by atoms with Gasteiger partial charge in [0.1, 0.15) is 5.82 Å². The highest BCUT2D eigenvalue weighted by atomic mass is 32.1. The van der Waals surface area contributed by atoms with Crippen molar-refractivity contribution in [2.75, 3.05) is 50.1 Å². The summed E-state index contributed by atoms with van der Waals surface area (Å²) in [5.41, 5.74) is 3.04. The van der Waals surface area contributed by atoms with Gasteiger partial charge in [-0.2, -0.15) is 4.98 Å². The van der Waals surface area contributed by atoms with E-state index in [1.807, 2.05) is 37.5 Å². The van der Waals surface area contributed by atoms with Crippen molar-refractivity contribution in [2.24, 2.45) is 0 Å². The fraction of sp³-hybridized carbons (Fsp3) is 0.522. The van der Waals surface area contributed by atoms with E-state index in [1.165, 1.54) is 45.2 Å². The highest BCUT2D eigenvalue weighted by Crippen LogP contribution is 2.33. The first kappa shape index (κ1) is 19.7. The smallest absolute Gasteiger partial charge is 0.188 e. The van der Waals surface area contributed by atoms with Gasteiger partial charge in [0.2, 0.25) is 0 Å². The lowest BCUT2D eigenvalue weighted by Gasteiger charge is -2.40. The molecule has 0 atom stereocenters. The van der Waals surface area contributed by atoms with Crippen LogP contribution in [0.5, 0.6) is 0 Å². The van der Waals surface area contributed by atoms with E-state index < -0.39 is 0 Å². The molecule has 0 unspecified atom stereocenters.